The zero-order chi connectivity index (χ0) is 8.41. The highest BCUT2D eigenvalue weighted by Crippen LogP contribution is 1.81. The predicted octanol–water partition coefficient (Wildman–Crippen LogP) is -0.00397. The fourth-order valence-electron chi connectivity index (χ4n) is 0.0778. The maximum Gasteiger partial charge on any atom is 0.196 e. The Kier molecular flexibility index (Phi) is 12.7. The van der Waals surface area contributed by atoms with Gasteiger partial charge in [0.1, 0.15) is 5.40 Å². The summed E-state index contributed by atoms with van der Waals surface area (Å²) in [5, 5.41) is 24.6. The molecule has 0 saturated carbocycles. The second kappa shape index (κ2) is 10.8. The van der Waals surface area contributed by atoms with E-state index in [0.29, 0.717) is 0 Å². The quantitative estimate of drug-likeness (QED) is 0.147. The minimum Gasteiger partial charge on any atom is -0.369 e. The van der Waals surface area contributed by atoms with Crippen molar-refractivity contribution < 1.29 is 0 Å². The number of nitrogens with zero attached hydrogens (tertiary/aromatic N) is 2. The van der Waals surface area contributed by atoms with E-state index >= 15 is 0 Å². The molecular formula is C3H5N5S2. The summed E-state index contributed by atoms with van der Waals surface area (Å²) in [6.45, 7) is 0. The van der Waals surface area contributed by atoms with Crippen molar-refractivity contribution in [3.63, 3.8) is 0 Å². The highest BCUT2D eigenvalue weighted by atomic mass is 32.2. The zero-order valence-electron chi connectivity index (χ0n) is 4.83. The van der Waals surface area contributed by atoms with Crippen molar-refractivity contribution in [3.05, 3.63) is 0 Å². The Morgan fingerprint density at radius 2 is 2.10 bits per heavy atom. The van der Waals surface area contributed by atoms with Crippen molar-refractivity contribution in [2.45, 2.75) is 0 Å². The highest BCUT2D eigenvalue weighted by molar-refractivity contribution is 8.02. The van der Waals surface area contributed by atoms with Crippen LogP contribution in [0.1, 0.15) is 0 Å². The van der Waals surface area contributed by atoms with Gasteiger partial charge in [0.05, 0.1) is 11.9 Å². The Morgan fingerprint density at radius 1 is 1.70 bits per heavy atom. The lowest BCUT2D eigenvalue weighted by molar-refractivity contribution is 1.32. The molecule has 0 bridgehead atoms. The molecule has 54 valence electrons. The first-order valence-corrected chi connectivity index (χ1v) is 3.13. The Hall–Kier alpha value is -1.05. The van der Waals surface area contributed by atoms with E-state index in [1.807, 2.05) is 0 Å². The average Bonchev–Trinajstić information content (AvgIpc) is 1.85. The zero-order valence-corrected chi connectivity index (χ0v) is 6.54. The minimum atomic E-state index is -0.202. The molecule has 10 heavy (non-hydrogen) atoms. The second-order valence-corrected chi connectivity index (χ2v) is 1.60. The molecule has 0 fully saturated rings. The smallest absolute Gasteiger partial charge is 0.196 e. The summed E-state index contributed by atoms with van der Waals surface area (Å²) in [7, 11) is 0. The summed E-state index contributed by atoms with van der Waals surface area (Å²) in [6.07, 6.45) is 0. The fraction of sp³-hybridized carbons (Fsp3) is 0. The summed E-state index contributed by atoms with van der Waals surface area (Å²) in [5.74, 6) is -0.202. The van der Waals surface area contributed by atoms with Crippen LogP contribution in [0.2, 0.25) is 0 Å². The first-order chi connectivity index (χ1) is 4.68. The van der Waals surface area contributed by atoms with Gasteiger partial charge >= 0.3 is 0 Å². The molecule has 0 aromatic carbocycles. The fourth-order valence-corrected chi connectivity index (χ4v) is 0.233. The van der Waals surface area contributed by atoms with Gasteiger partial charge in [-0.25, -0.2) is 0 Å². The number of hydrogen-bond acceptors (Lipinski definition) is 5. The number of nitrogens with two attached hydrogens (primary N) is 1. The Balaban J connectivity index is 0. The second-order valence-electron chi connectivity index (χ2n) is 0.809. The molecule has 0 aliphatic rings. The highest BCUT2D eigenvalue weighted by Gasteiger charge is 1.80. The van der Waals surface area contributed by atoms with Crippen molar-refractivity contribution >= 4 is 30.5 Å². The van der Waals surface area contributed by atoms with E-state index in [1.54, 1.807) is 5.40 Å². The summed E-state index contributed by atoms with van der Waals surface area (Å²) in [6, 6.07) is 0. The van der Waals surface area contributed by atoms with Gasteiger partial charge in [-0.05, 0) is 0 Å². The van der Waals surface area contributed by atoms with Gasteiger partial charge in [0.15, 0.2) is 11.4 Å². The van der Waals surface area contributed by atoms with Gasteiger partial charge < -0.3 is 5.73 Å². The van der Waals surface area contributed by atoms with Gasteiger partial charge in [-0.15, -0.1) is 0 Å². The van der Waals surface area contributed by atoms with Crippen molar-refractivity contribution in [1.29, 1.82) is 15.9 Å². The summed E-state index contributed by atoms with van der Waals surface area (Å²) in [4.78, 5) is 0. The Labute approximate surface area is 68.2 Å². The van der Waals surface area contributed by atoms with Crippen molar-refractivity contribution in [3.8, 4) is 10.8 Å². The third-order valence-corrected chi connectivity index (χ3v) is 0.620. The largest absolute Gasteiger partial charge is 0.369 e. The van der Waals surface area contributed by atoms with E-state index in [1.165, 1.54) is 5.40 Å². The molecule has 0 unspecified atom stereocenters. The van der Waals surface area contributed by atoms with E-state index in [-0.39, 0.29) is 5.96 Å². The van der Waals surface area contributed by atoms with Crippen LogP contribution in [0.4, 0.5) is 0 Å². The first kappa shape index (κ1) is 11.7. The molecule has 0 heterocycles. The lowest BCUT2D eigenvalue weighted by atomic mass is 11.1. The third kappa shape index (κ3) is 28.3. The number of hydrogen-bond donors (Lipinski definition) is 4. The van der Waals surface area contributed by atoms with Crippen LogP contribution in [0.5, 0.6) is 0 Å². The van der Waals surface area contributed by atoms with Crippen LogP contribution < -0.4 is 10.5 Å². The van der Waals surface area contributed by atoms with Gasteiger partial charge in [-0.3, -0.25) is 10.1 Å². The Bertz CT molecular complexity index is 165. The molecule has 7 heteroatoms. The normalized spacial score (nSPS) is 5.50. The summed E-state index contributed by atoms with van der Waals surface area (Å²) >= 11 is 3.82. The van der Waals surface area contributed by atoms with Crippen LogP contribution in [0.3, 0.4) is 0 Å². The molecule has 0 saturated heterocycles. The predicted molar refractivity (Wildman–Crippen MR) is 42.9 cm³/mol. The SMILES string of the molecule is N#CS.N#CSNC(=N)N. The van der Waals surface area contributed by atoms with Crippen molar-refractivity contribution in [2.24, 2.45) is 5.73 Å². The molecule has 0 radical (unpaired) electrons. The monoisotopic (exact) mass is 175 g/mol. The van der Waals surface area contributed by atoms with E-state index in [2.05, 4.69) is 17.4 Å². The maximum absolute atomic E-state index is 7.81. The third-order valence-electron chi connectivity index (χ3n) is 0.207. The molecule has 0 amide bonds. The summed E-state index contributed by atoms with van der Waals surface area (Å²) in [5.41, 5.74) is 4.78. The Morgan fingerprint density at radius 3 is 2.20 bits per heavy atom. The van der Waals surface area contributed by atoms with E-state index in [4.69, 9.17) is 21.7 Å². The topological polar surface area (TPSA) is 109 Å². The molecule has 0 atom stereocenters. The van der Waals surface area contributed by atoms with E-state index in [9.17, 15) is 0 Å². The van der Waals surface area contributed by atoms with Crippen LogP contribution >= 0.6 is 24.6 Å². The van der Waals surface area contributed by atoms with Gasteiger partial charge in [0.25, 0.3) is 0 Å². The maximum atomic E-state index is 7.81. The van der Waals surface area contributed by atoms with E-state index in [0.717, 1.165) is 11.9 Å². The molecule has 4 N–H and O–H groups in total. The van der Waals surface area contributed by atoms with Crippen LogP contribution in [0.25, 0.3) is 0 Å². The van der Waals surface area contributed by atoms with Crippen molar-refractivity contribution in [1.82, 2.24) is 4.72 Å². The number of thiocyanates is 2. The number of thiol groups is 1. The standard InChI is InChI=1S/C2H4N4S.CHNS/c3-1-7-6-2(4)5;2-1-3/h(H4,4,5,6);3H. The first-order valence-electron chi connectivity index (χ1n) is 1.87. The lowest BCUT2D eigenvalue weighted by Crippen LogP contribution is -2.23. The van der Waals surface area contributed by atoms with Gasteiger partial charge in [-0.2, -0.15) is 10.5 Å². The van der Waals surface area contributed by atoms with Crippen LogP contribution in [0.15, 0.2) is 0 Å². The number of guanidine groups is 1. The van der Waals surface area contributed by atoms with Crippen LogP contribution in [-0.2, 0) is 0 Å². The van der Waals surface area contributed by atoms with Crippen molar-refractivity contribution in [2.75, 3.05) is 0 Å². The van der Waals surface area contributed by atoms with Gasteiger partial charge in [0, 0.05) is 0 Å². The number of nitrogens with one attached hydrogen (secondary N) is 2. The summed E-state index contributed by atoms with van der Waals surface area (Å²) < 4.78 is 2.21. The molecule has 0 spiro atoms. The van der Waals surface area contributed by atoms with Crippen LogP contribution in [-0.4, -0.2) is 5.96 Å². The average molecular weight is 175 g/mol. The van der Waals surface area contributed by atoms with Crippen LogP contribution in [0, 0.1) is 26.7 Å². The molecule has 5 nitrogen and oxygen atoms in total. The van der Waals surface area contributed by atoms with Gasteiger partial charge in [0.2, 0.25) is 0 Å². The molecule has 0 aromatic heterocycles. The van der Waals surface area contributed by atoms with Gasteiger partial charge in [-0.1, -0.05) is 12.6 Å². The molecule has 0 aliphatic heterocycles. The number of rotatable bonds is 1. The molecule has 0 rings (SSSR count). The molecule has 0 aromatic rings. The molecule has 0 aliphatic carbocycles. The number of nitriles is 2. The lowest BCUT2D eigenvalue weighted by Gasteiger charge is -1.89. The van der Waals surface area contributed by atoms with E-state index < -0.39 is 0 Å². The minimum absolute atomic E-state index is 0.202. The molecular weight excluding hydrogens is 170 g/mol.